The minimum absolute atomic E-state index is 0.0543. The Morgan fingerprint density at radius 1 is 1.20 bits per heavy atom. The van der Waals surface area contributed by atoms with Crippen molar-refractivity contribution in [3.05, 3.63) is 77.5 Å². The lowest BCUT2D eigenvalue weighted by Crippen LogP contribution is -2.23. The zero-order chi connectivity index (χ0) is 17.6. The Hall–Kier alpha value is -2.95. The van der Waals surface area contributed by atoms with Gasteiger partial charge in [0.15, 0.2) is 0 Å². The van der Waals surface area contributed by atoms with Crippen molar-refractivity contribution in [3.63, 3.8) is 0 Å². The van der Waals surface area contributed by atoms with Crippen molar-refractivity contribution in [3.8, 4) is 5.82 Å². The molecule has 0 fully saturated rings. The van der Waals surface area contributed by atoms with Crippen LogP contribution >= 0.6 is 0 Å². The summed E-state index contributed by atoms with van der Waals surface area (Å²) in [4.78, 5) is 20.5. The third-order valence-corrected chi connectivity index (χ3v) is 4.19. The molecule has 0 atom stereocenters. The summed E-state index contributed by atoms with van der Waals surface area (Å²) < 4.78 is 1.84. The zero-order valence-electron chi connectivity index (χ0n) is 14.6. The normalized spacial score (nSPS) is 10.6. The molecule has 0 spiro atoms. The molecule has 3 aromatic rings. The highest BCUT2D eigenvalue weighted by Crippen LogP contribution is 2.12. The number of hydrogen-bond acceptors (Lipinski definition) is 3. The van der Waals surface area contributed by atoms with E-state index in [0.29, 0.717) is 13.0 Å². The number of rotatable bonds is 6. The van der Waals surface area contributed by atoms with Crippen molar-refractivity contribution in [2.75, 3.05) is 0 Å². The summed E-state index contributed by atoms with van der Waals surface area (Å²) in [6.45, 7) is 4.66. The second kappa shape index (κ2) is 7.75. The highest BCUT2D eigenvalue weighted by atomic mass is 16.1. The van der Waals surface area contributed by atoms with Crippen molar-refractivity contribution in [1.82, 2.24) is 19.9 Å². The van der Waals surface area contributed by atoms with E-state index in [4.69, 9.17) is 0 Å². The maximum atomic E-state index is 12.1. The largest absolute Gasteiger partial charge is 0.352 e. The molecular formula is C20H22N4O. The molecule has 0 aliphatic rings. The molecule has 5 heteroatoms. The number of nitrogens with one attached hydrogen (secondary N) is 1. The zero-order valence-corrected chi connectivity index (χ0v) is 14.6. The number of hydrogen-bond donors (Lipinski definition) is 1. The summed E-state index contributed by atoms with van der Waals surface area (Å²) in [5, 5.41) is 2.96. The van der Waals surface area contributed by atoms with Crippen molar-refractivity contribution in [2.45, 2.75) is 33.2 Å². The first-order valence-corrected chi connectivity index (χ1v) is 8.38. The van der Waals surface area contributed by atoms with Gasteiger partial charge < -0.3 is 5.32 Å². The van der Waals surface area contributed by atoms with Crippen LogP contribution < -0.4 is 5.32 Å². The molecular weight excluding hydrogens is 312 g/mol. The number of benzene rings is 1. The van der Waals surface area contributed by atoms with Gasteiger partial charge >= 0.3 is 0 Å². The van der Waals surface area contributed by atoms with Crippen LogP contribution in [0.4, 0.5) is 0 Å². The molecule has 2 heterocycles. The quantitative estimate of drug-likeness (QED) is 0.753. The monoisotopic (exact) mass is 334 g/mol. The average Bonchev–Trinajstić information content (AvgIpc) is 3.14. The van der Waals surface area contributed by atoms with Gasteiger partial charge in [-0.2, -0.15) is 0 Å². The fourth-order valence-electron chi connectivity index (χ4n) is 2.73. The van der Waals surface area contributed by atoms with Crippen LogP contribution in [0, 0.1) is 13.8 Å². The smallest absolute Gasteiger partial charge is 0.220 e. The first-order chi connectivity index (χ1) is 12.1. The minimum atomic E-state index is 0.0543. The number of carbonyl (C=O) groups is 1. The number of aromatic nitrogens is 3. The summed E-state index contributed by atoms with van der Waals surface area (Å²) in [5.74, 6) is 0.862. The number of nitrogens with zero attached hydrogens (tertiary/aromatic N) is 3. The van der Waals surface area contributed by atoms with Gasteiger partial charge in [0.2, 0.25) is 5.91 Å². The van der Waals surface area contributed by atoms with Gasteiger partial charge in [0.05, 0.1) is 0 Å². The van der Waals surface area contributed by atoms with E-state index in [2.05, 4.69) is 47.3 Å². The van der Waals surface area contributed by atoms with Crippen molar-refractivity contribution in [1.29, 1.82) is 0 Å². The molecule has 0 aliphatic carbocycles. The maximum absolute atomic E-state index is 12.1. The SMILES string of the molecule is Cc1ccc(CCC(=O)NCc2ccc(-n3ccnc3)nc2)c(C)c1. The standard InChI is InChI=1S/C20H22N4O/c1-15-3-5-18(16(2)11-15)6-8-20(25)23-13-17-4-7-19(22-12-17)24-10-9-21-14-24/h3-5,7,9-12,14H,6,8,13H2,1-2H3,(H,23,25). The predicted molar refractivity (Wildman–Crippen MR) is 97.4 cm³/mol. The molecule has 1 amide bonds. The van der Waals surface area contributed by atoms with Crippen LogP contribution in [0.25, 0.3) is 5.82 Å². The van der Waals surface area contributed by atoms with Crippen LogP contribution in [0.1, 0.15) is 28.7 Å². The molecule has 0 radical (unpaired) electrons. The molecule has 0 unspecified atom stereocenters. The van der Waals surface area contributed by atoms with Gasteiger partial charge in [-0.3, -0.25) is 9.36 Å². The third kappa shape index (κ3) is 4.53. The maximum Gasteiger partial charge on any atom is 0.220 e. The van der Waals surface area contributed by atoms with Gasteiger partial charge in [-0.1, -0.05) is 29.8 Å². The molecule has 1 N–H and O–H groups in total. The summed E-state index contributed by atoms with van der Waals surface area (Å²) in [7, 11) is 0. The van der Waals surface area contributed by atoms with Crippen LogP contribution in [0.3, 0.4) is 0 Å². The molecule has 2 aromatic heterocycles. The number of amides is 1. The van der Waals surface area contributed by atoms with Crippen LogP contribution in [0.5, 0.6) is 0 Å². The minimum Gasteiger partial charge on any atom is -0.352 e. The summed E-state index contributed by atoms with van der Waals surface area (Å²) in [6, 6.07) is 10.2. The van der Waals surface area contributed by atoms with Crippen molar-refractivity contribution in [2.24, 2.45) is 0 Å². The number of aryl methyl sites for hydroxylation is 3. The lowest BCUT2D eigenvalue weighted by atomic mass is 10.0. The fraction of sp³-hybridized carbons (Fsp3) is 0.250. The summed E-state index contributed by atoms with van der Waals surface area (Å²) in [5.41, 5.74) is 4.69. The number of carbonyl (C=O) groups excluding carboxylic acids is 1. The van der Waals surface area contributed by atoms with Gasteiger partial charge in [-0.15, -0.1) is 0 Å². The lowest BCUT2D eigenvalue weighted by Gasteiger charge is -2.08. The second-order valence-corrected chi connectivity index (χ2v) is 6.20. The molecule has 128 valence electrons. The molecule has 1 aromatic carbocycles. The van der Waals surface area contributed by atoms with Crippen LogP contribution in [0.15, 0.2) is 55.2 Å². The molecule has 5 nitrogen and oxygen atoms in total. The topological polar surface area (TPSA) is 59.8 Å². The number of imidazole rings is 1. The molecule has 0 bridgehead atoms. The van der Waals surface area contributed by atoms with Gasteiger partial charge in [-0.25, -0.2) is 9.97 Å². The van der Waals surface area contributed by atoms with E-state index in [9.17, 15) is 4.79 Å². The second-order valence-electron chi connectivity index (χ2n) is 6.20. The van der Waals surface area contributed by atoms with E-state index < -0.39 is 0 Å². The van der Waals surface area contributed by atoms with E-state index >= 15 is 0 Å². The van der Waals surface area contributed by atoms with E-state index in [-0.39, 0.29) is 5.91 Å². The Bertz CT molecular complexity index is 839. The molecule has 0 saturated carbocycles. The van der Waals surface area contributed by atoms with Crippen LogP contribution in [0.2, 0.25) is 0 Å². The first-order valence-electron chi connectivity index (χ1n) is 8.38. The Kier molecular flexibility index (Phi) is 5.23. The Morgan fingerprint density at radius 3 is 2.76 bits per heavy atom. The summed E-state index contributed by atoms with van der Waals surface area (Å²) in [6.07, 6.45) is 8.29. The highest BCUT2D eigenvalue weighted by Gasteiger charge is 2.05. The van der Waals surface area contributed by atoms with E-state index in [1.165, 1.54) is 16.7 Å². The van der Waals surface area contributed by atoms with E-state index in [1.54, 1.807) is 18.7 Å². The Labute approximate surface area is 147 Å². The average molecular weight is 334 g/mol. The molecule has 0 aliphatic heterocycles. The molecule has 3 rings (SSSR count). The van der Waals surface area contributed by atoms with Gasteiger partial charge in [0.1, 0.15) is 12.1 Å². The highest BCUT2D eigenvalue weighted by molar-refractivity contribution is 5.76. The molecule has 0 saturated heterocycles. The predicted octanol–water partition coefficient (Wildman–Crippen LogP) is 3.13. The lowest BCUT2D eigenvalue weighted by molar-refractivity contribution is -0.121. The van der Waals surface area contributed by atoms with Crippen molar-refractivity contribution < 1.29 is 4.79 Å². The Morgan fingerprint density at radius 2 is 2.08 bits per heavy atom. The molecule has 25 heavy (non-hydrogen) atoms. The fourth-order valence-corrected chi connectivity index (χ4v) is 2.73. The first kappa shape index (κ1) is 16.9. The summed E-state index contributed by atoms with van der Waals surface area (Å²) >= 11 is 0. The van der Waals surface area contributed by atoms with Gasteiger partial charge in [0.25, 0.3) is 0 Å². The van der Waals surface area contributed by atoms with Crippen LogP contribution in [-0.4, -0.2) is 20.4 Å². The van der Waals surface area contributed by atoms with Gasteiger partial charge in [0, 0.05) is 31.6 Å². The van der Waals surface area contributed by atoms with Crippen molar-refractivity contribution >= 4 is 5.91 Å². The third-order valence-electron chi connectivity index (χ3n) is 4.19. The van der Waals surface area contributed by atoms with E-state index in [1.807, 2.05) is 22.9 Å². The Balaban J connectivity index is 1.49. The van der Waals surface area contributed by atoms with Crippen LogP contribution in [-0.2, 0) is 17.8 Å². The number of pyridine rings is 1. The van der Waals surface area contributed by atoms with E-state index in [0.717, 1.165) is 17.8 Å². The van der Waals surface area contributed by atoms with Gasteiger partial charge in [-0.05, 0) is 43.0 Å².